The van der Waals surface area contributed by atoms with E-state index in [1.54, 1.807) is 11.4 Å². The first-order valence-corrected chi connectivity index (χ1v) is 8.31. The lowest BCUT2D eigenvalue weighted by Crippen LogP contribution is -2.48. The molecule has 0 saturated carbocycles. The Labute approximate surface area is 107 Å². The molecule has 0 bridgehead atoms. The molecule has 0 aromatic rings. The third kappa shape index (κ3) is 3.42. The van der Waals surface area contributed by atoms with Gasteiger partial charge >= 0.3 is 0 Å². The van der Waals surface area contributed by atoms with E-state index in [4.69, 9.17) is 0 Å². The minimum atomic E-state index is -3.24. The van der Waals surface area contributed by atoms with Crippen molar-refractivity contribution in [2.75, 3.05) is 25.5 Å². The Bertz CT molecular complexity index is 308. The third-order valence-electron chi connectivity index (χ3n) is 3.04. The van der Waals surface area contributed by atoms with Crippen LogP contribution >= 0.6 is 15.9 Å². The van der Waals surface area contributed by atoms with Gasteiger partial charge in [0.2, 0.25) is 0 Å². The van der Waals surface area contributed by atoms with E-state index in [9.17, 15) is 8.42 Å². The summed E-state index contributed by atoms with van der Waals surface area (Å²) in [6.07, 6.45) is 3.94. The highest BCUT2D eigenvalue weighted by atomic mass is 79.9. The summed E-state index contributed by atoms with van der Waals surface area (Å²) < 4.78 is 27.6. The molecular weight excluding hydrogens is 292 g/mol. The number of hydrogen-bond acceptors (Lipinski definition) is 2. The summed E-state index contributed by atoms with van der Waals surface area (Å²) in [7, 11) is -1.57. The molecule has 0 amide bonds. The topological polar surface area (TPSA) is 40.6 Å². The van der Waals surface area contributed by atoms with E-state index in [0.717, 1.165) is 31.0 Å². The maximum Gasteiger partial charge on any atom is 0.281 e. The minimum Gasteiger partial charge on any atom is -0.195 e. The summed E-state index contributed by atoms with van der Waals surface area (Å²) in [6, 6.07) is 0.144. The molecule has 1 saturated heterocycles. The van der Waals surface area contributed by atoms with Gasteiger partial charge in [-0.1, -0.05) is 22.4 Å². The molecule has 1 unspecified atom stereocenters. The lowest BCUT2D eigenvalue weighted by Gasteiger charge is -2.35. The van der Waals surface area contributed by atoms with Crippen LogP contribution in [-0.4, -0.2) is 48.5 Å². The van der Waals surface area contributed by atoms with E-state index in [2.05, 4.69) is 15.9 Å². The fourth-order valence-corrected chi connectivity index (χ4v) is 3.88. The molecule has 0 aromatic carbocycles. The van der Waals surface area contributed by atoms with E-state index >= 15 is 0 Å². The summed E-state index contributed by atoms with van der Waals surface area (Å²) in [6.45, 7) is 3.24. The molecule has 1 fully saturated rings. The minimum absolute atomic E-state index is 0.144. The molecule has 1 aliphatic rings. The lowest BCUT2D eigenvalue weighted by atomic mass is 10.1. The number of piperidine rings is 1. The predicted molar refractivity (Wildman–Crippen MR) is 70.0 cm³/mol. The van der Waals surface area contributed by atoms with Crippen molar-refractivity contribution in [3.63, 3.8) is 0 Å². The Morgan fingerprint density at radius 2 is 2.12 bits per heavy atom. The van der Waals surface area contributed by atoms with Gasteiger partial charge in [0.1, 0.15) is 0 Å². The van der Waals surface area contributed by atoms with E-state index in [0.29, 0.717) is 13.1 Å². The Balaban J connectivity index is 2.67. The summed E-state index contributed by atoms with van der Waals surface area (Å²) in [4.78, 5) is 0. The Hall–Kier alpha value is 0.350. The van der Waals surface area contributed by atoms with Crippen LogP contribution < -0.4 is 0 Å². The fraction of sp³-hybridized carbons (Fsp3) is 1.00. The number of halogens is 1. The lowest BCUT2D eigenvalue weighted by molar-refractivity contribution is 0.250. The van der Waals surface area contributed by atoms with Crippen LogP contribution in [0.1, 0.15) is 32.6 Å². The van der Waals surface area contributed by atoms with Crippen molar-refractivity contribution in [3.05, 3.63) is 0 Å². The predicted octanol–water partition coefficient (Wildman–Crippen LogP) is 1.82. The Morgan fingerprint density at radius 1 is 1.44 bits per heavy atom. The van der Waals surface area contributed by atoms with E-state index in [1.165, 1.54) is 4.31 Å². The van der Waals surface area contributed by atoms with Crippen LogP contribution in [0.3, 0.4) is 0 Å². The van der Waals surface area contributed by atoms with Crippen LogP contribution in [-0.2, 0) is 10.2 Å². The second-order valence-corrected chi connectivity index (χ2v) is 7.11. The molecule has 1 rings (SSSR count). The quantitative estimate of drug-likeness (QED) is 0.727. The van der Waals surface area contributed by atoms with Gasteiger partial charge in [-0.25, -0.2) is 0 Å². The van der Waals surface area contributed by atoms with Gasteiger partial charge in [-0.2, -0.15) is 17.0 Å². The number of rotatable bonds is 5. The zero-order valence-electron chi connectivity index (χ0n) is 10.0. The average Bonchev–Trinajstić information content (AvgIpc) is 2.26. The van der Waals surface area contributed by atoms with Crippen LogP contribution in [0.5, 0.6) is 0 Å². The summed E-state index contributed by atoms with van der Waals surface area (Å²) in [5.74, 6) is 0. The number of hydrogen-bond donors (Lipinski definition) is 0. The van der Waals surface area contributed by atoms with Gasteiger partial charge in [-0.15, -0.1) is 0 Å². The van der Waals surface area contributed by atoms with Gasteiger partial charge in [-0.05, 0) is 26.2 Å². The average molecular weight is 313 g/mol. The van der Waals surface area contributed by atoms with E-state index in [1.807, 2.05) is 6.92 Å². The first-order chi connectivity index (χ1) is 7.50. The van der Waals surface area contributed by atoms with Crippen molar-refractivity contribution in [1.29, 1.82) is 0 Å². The smallest absolute Gasteiger partial charge is 0.195 e. The van der Waals surface area contributed by atoms with Crippen molar-refractivity contribution in [3.8, 4) is 0 Å². The Kier molecular flexibility index (Phi) is 5.70. The van der Waals surface area contributed by atoms with Gasteiger partial charge in [-0.3, -0.25) is 0 Å². The van der Waals surface area contributed by atoms with Crippen LogP contribution in [0, 0.1) is 0 Å². The van der Waals surface area contributed by atoms with Crippen molar-refractivity contribution < 1.29 is 8.42 Å². The zero-order chi connectivity index (χ0) is 12.2. The molecule has 1 aliphatic heterocycles. The second-order valence-electron chi connectivity index (χ2n) is 4.33. The molecule has 6 heteroatoms. The molecule has 4 nitrogen and oxygen atoms in total. The molecule has 0 spiro atoms. The molecule has 0 aliphatic carbocycles. The van der Waals surface area contributed by atoms with Gasteiger partial charge in [0.25, 0.3) is 10.2 Å². The maximum atomic E-state index is 12.2. The van der Waals surface area contributed by atoms with Gasteiger partial charge in [0.15, 0.2) is 0 Å². The Morgan fingerprint density at radius 3 is 2.69 bits per heavy atom. The molecule has 0 radical (unpaired) electrons. The molecule has 0 aromatic heterocycles. The molecule has 96 valence electrons. The number of nitrogens with zero attached hydrogens (tertiary/aromatic N) is 2. The van der Waals surface area contributed by atoms with Crippen molar-refractivity contribution >= 4 is 26.1 Å². The normalized spacial score (nSPS) is 23.9. The standard InChI is InChI=1S/C10H21BrN2O2S/c1-10-6-3-4-9-13(10)16(14,15)12(2)8-5-7-11/h10H,3-9H2,1-2H3. The maximum absolute atomic E-state index is 12.2. The summed E-state index contributed by atoms with van der Waals surface area (Å²) in [5.41, 5.74) is 0. The van der Waals surface area contributed by atoms with Crippen molar-refractivity contribution in [1.82, 2.24) is 8.61 Å². The molecule has 1 heterocycles. The van der Waals surface area contributed by atoms with Crippen molar-refractivity contribution in [2.24, 2.45) is 0 Å². The highest BCUT2D eigenvalue weighted by Gasteiger charge is 2.32. The van der Waals surface area contributed by atoms with Gasteiger partial charge < -0.3 is 0 Å². The van der Waals surface area contributed by atoms with Crippen LogP contribution in [0.2, 0.25) is 0 Å². The highest BCUT2D eigenvalue weighted by Crippen LogP contribution is 2.21. The third-order valence-corrected chi connectivity index (χ3v) is 5.71. The molecule has 0 N–H and O–H groups in total. The highest BCUT2D eigenvalue weighted by molar-refractivity contribution is 9.09. The first kappa shape index (κ1) is 14.4. The zero-order valence-corrected chi connectivity index (χ0v) is 12.4. The van der Waals surface area contributed by atoms with Crippen LogP contribution in [0.15, 0.2) is 0 Å². The molecule has 1 atom stereocenters. The second kappa shape index (κ2) is 6.33. The summed E-state index contributed by atoms with van der Waals surface area (Å²) >= 11 is 3.32. The number of alkyl halides is 1. The SMILES string of the molecule is CC1CCCCN1S(=O)(=O)N(C)CCCBr. The van der Waals surface area contributed by atoms with Gasteiger partial charge in [0.05, 0.1) is 0 Å². The molecule has 16 heavy (non-hydrogen) atoms. The first-order valence-electron chi connectivity index (χ1n) is 5.79. The van der Waals surface area contributed by atoms with E-state index < -0.39 is 10.2 Å². The molecular formula is C10H21BrN2O2S. The largest absolute Gasteiger partial charge is 0.281 e. The van der Waals surface area contributed by atoms with E-state index in [-0.39, 0.29) is 6.04 Å². The monoisotopic (exact) mass is 312 g/mol. The van der Waals surface area contributed by atoms with Crippen LogP contribution in [0.4, 0.5) is 0 Å². The van der Waals surface area contributed by atoms with Crippen LogP contribution in [0.25, 0.3) is 0 Å². The fourth-order valence-electron chi connectivity index (χ4n) is 1.99. The van der Waals surface area contributed by atoms with Crippen molar-refractivity contribution in [2.45, 2.75) is 38.6 Å². The summed E-state index contributed by atoms with van der Waals surface area (Å²) in [5, 5.41) is 0.836. The van der Waals surface area contributed by atoms with Gasteiger partial charge in [0, 0.05) is 31.5 Å².